The second-order valence-corrected chi connectivity index (χ2v) is 4.84. The van der Waals surface area contributed by atoms with E-state index in [4.69, 9.17) is 13.7 Å². The molecule has 8 nitrogen and oxygen atoms in total. The first kappa shape index (κ1) is 17.0. The smallest absolute Gasteiger partial charge is 0.223 e. The predicted molar refractivity (Wildman–Crippen MR) is 84.8 cm³/mol. The van der Waals surface area contributed by atoms with E-state index in [2.05, 4.69) is 25.8 Å². The minimum Gasteiger partial charge on any atom is -0.467 e. The van der Waals surface area contributed by atoms with Crippen molar-refractivity contribution in [1.82, 2.24) is 20.8 Å². The van der Waals surface area contributed by atoms with Crippen molar-refractivity contribution in [3.63, 3.8) is 0 Å². The third-order valence-corrected chi connectivity index (χ3v) is 2.87. The zero-order valence-electron chi connectivity index (χ0n) is 13.5. The van der Waals surface area contributed by atoms with Crippen LogP contribution in [0.25, 0.3) is 0 Å². The van der Waals surface area contributed by atoms with Gasteiger partial charge in [-0.3, -0.25) is 0 Å². The van der Waals surface area contributed by atoms with Gasteiger partial charge in [-0.2, -0.15) is 4.98 Å². The standard InChI is InChI=1S/C15H23N5O3/c1-3-16-15(18-10-14-19-12(2)23-20-14)17-7-5-8-21-11-13-6-4-9-22-13/h4,6,9H,3,5,7-8,10-11H2,1-2H3,(H2,16,17,18). The molecule has 23 heavy (non-hydrogen) atoms. The average Bonchev–Trinajstić information content (AvgIpc) is 3.19. The van der Waals surface area contributed by atoms with Crippen LogP contribution in [-0.4, -0.2) is 35.8 Å². The highest BCUT2D eigenvalue weighted by molar-refractivity contribution is 5.79. The van der Waals surface area contributed by atoms with Gasteiger partial charge in [0, 0.05) is 26.6 Å². The number of aliphatic imine (C=N–C) groups is 1. The number of ether oxygens (including phenoxy) is 1. The van der Waals surface area contributed by atoms with Crippen LogP contribution < -0.4 is 10.6 Å². The molecule has 0 amide bonds. The van der Waals surface area contributed by atoms with E-state index in [1.54, 1.807) is 13.2 Å². The number of nitrogens with zero attached hydrogens (tertiary/aromatic N) is 3. The zero-order chi connectivity index (χ0) is 16.3. The van der Waals surface area contributed by atoms with Gasteiger partial charge in [-0.15, -0.1) is 0 Å². The number of furan rings is 1. The Kier molecular flexibility index (Phi) is 7.12. The van der Waals surface area contributed by atoms with E-state index in [0.29, 0.717) is 31.5 Å². The monoisotopic (exact) mass is 321 g/mol. The molecule has 126 valence electrons. The van der Waals surface area contributed by atoms with Crippen LogP contribution in [0.2, 0.25) is 0 Å². The molecule has 2 N–H and O–H groups in total. The van der Waals surface area contributed by atoms with Crippen molar-refractivity contribution in [3.05, 3.63) is 35.9 Å². The summed E-state index contributed by atoms with van der Waals surface area (Å²) in [6.45, 7) is 6.84. The van der Waals surface area contributed by atoms with Crippen molar-refractivity contribution in [1.29, 1.82) is 0 Å². The summed E-state index contributed by atoms with van der Waals surface area (Å²) < 4.78 is 15.6. The molecule has 0 spiro atoms. The Labute approximate surface area is 135 Å². The molecule has 0 aliphatic heterocycles. The highest BCUT2D eigenvalue weighted by Crippen LogP contribution is 2.01. The van der Waals surface area contributed by atoms with E-state index in [1.807, 2.05) is 19.1 Å². The minimum atomic E-state index is 0.377. The molecule has 0 bridgehead atoms. The Morgan fingerprint density at radius 3 is 3.00 bits per heavy atom. The Hall–Kier alpha value is -2.35. The van der Waals surface area contributed by atoms with Gasteiger partial charge in [-0.25, -0.2) is 4.99 Å². The SMILES string of the molecule is CCNC(=NCc1noc(C)n1)NCCCOCc1ccco1. The summed E-state index contributed by atoms with van der Waals surface area (Å²) in [7, 11) is 0. The third kappa shape index (κ3) is 6.52. The van der Waals surface area contributed by atoms with Gasteiger partial charge in [0.2, 0.25) is 5.89 Å². The highest BCUT2D eigenvalue weighted by Gasteiger charge is 2.02. The molecule has 8 heteroatoms. The predicted octanol–water partition coefficient (Wildman–Crippen LogP) is 1.63. The quantitative estimate of drug-likeness (QED) is 0.411. The van der Waals surface area contributed by atoms with Gasteiger partial charge < -0.3 is 24.3 Å². The molecule has 0 aliphatic carbocycles. The highest BCUT2D eigenvalue weighted by atomic mass is 16.5. The maximum atomic E-state index is 5.53. The van der Waals surface area contributed by atoms with Crippen LogP contribution in [0.1, 0.15) is 30.8 Å². The Morgan fingerprint density at radius 2 is 2.30 bits per heavy atom. The van der Waals surface area contributed by atoms with E-state index >= 15 is 0 Å². The molecule has 0 saturated heterocycles. The van der Waals surface area contributed by atoms with E-state index in [0.717, 1.165) is 31.2 Å². The van der Waals surface area contributed by atoms with Crippen molar-refractivity contribution in [3.8, 4) is 0 Å². The molecule has 0 saturated carbocycles. The first-order valence-corrected chi connectivity index (χ1v) is 7.69. The van der Waals surface area contributed by atoms with Crippen LogP contribution in [0, 0.1) is 6.92 Å². The molecule has 0 aromatic carbocycles. The van der Waals surface area contributed by atoms with Gasteiger partial charge in [-0.1, -0.05) is 5.16 Å². The first-order valence-electron chi connectivity index (χ1n) is 7.69. The lowest BCUT2D eigenvalue weighted by atomic mass is 10.4. The van der Waals surface area contributed by atoms with E-state index in [9.17, 15) is 0 Å². The Balaban J connectivity index is 1.63. The van der Waals surface area contributed by atoms with Gasteiger partial charge in [0.05, 0.1) is 6.26 Å². The largest absolute Gasteiger partial charge is 0.467 e. The lowest BCUT2D eigenvalue weighted by molar-refractivity contribution is 0.105. The van der Waals surface area contributed by atoms with Crippen LogP contribution in [0.4, 0.5) is 0 Å². The van der Waals surface area contributed by atoms with Crippen molar-refractivity contribution in [2.75, 3.05) is 19.7 Å². The van der Waals surface area contributed by atoms with Crippen LogP contribution >= 0.6 is 0 Å². The molecule has 0 aliphatic rings. The van der Waals surface area contributed by atoms with E-state index in [1.165, 1.54) is 0 Å². The summed E-state index contributed by atoms with van der Waals surface area (Å²) in [5.74, 6) is 2.67. The number of aromatic nitrogens is 2. The fourth-order valence-corrected chi connectivity index (χ4v) is 1.85. The molecular formula is C15H23N5O3. The molecule has 2 aromatic rings. The van der Waals surface area contributed by atoms with Gasteiger partial charge in [0.15, 0.2) is 11.8 Å². The maximum Gasteiger partial charge on any atom is 0.223 e. The second-order valence-electron chi connectivity index (χ2n) is 4.84. The van der Waals surface area contributed by atoms with Gasteiger partial charge in [-0.05, 0) is 25.5 Å². The van der Waals surface area contributed by atoms with Crippen molar-refractivity contribution < 1.29 is 13.7 Å². The maximum absolute atomic E-state index is 5.53. The summed E-state index contributed by atoms with van der Waals surface area (Å²) in [5, 5.41) is 10.2. The Morgan fingerprint density at radius 1 is 1.39 bits per heavy atom. The number of nitrogens with one attached hydrogen (secondary N) is 2. The lowest BCUT2D eigenvalue weighted by Crippen LogP contribution is -2.38. The number of hydrogen-bond donors (Lipinski definition) is 2. The van der Waals surface area contributed by atoms with Crippen molar-refractivity contribution in [2.45, 2.75) is 33.4 Å². The number of rotatable bonds is 9. The first-order chi connectivity index (χ1) is 11.3. The number of guanidine groups is 1. The topological polar surface area (TPSA) is 97.7 Å². The third-order valence-electron chi connectivity index (χ3n) is 2.87. The normalized spacial score (nSPS) is 11.7. The summed E-state index contributed by atoms with van der Waals surface area (Å²) in [4.78, 5) is 8.53. The van der Waals surface area contributed by atoms with E-state index < -0.39 is 0 Å². The average molecular weight is 321 g/mol. The fourth-order valence-electron chi connectivity index (χ4n) is 1.85. The summed E-state index contributed by atoms with van der Waals surface area (Å²) in [6, 6.07) is 3.75. The molecule has 0 unspecified atom stereocenters. The van der Waals surface area contributed by atoms with Crippen molar-refractivity contribution >= 4 is 5.96 Å². The molecule has 2 rings (SSSR count). The molecule has 2 heterocycles. The van der Waals surface area contributed by atoms with E-state index in [-0.39, 0.29) is 0 Å². The van der Waals surface area contributed by atoms with Gasteiger partial charge in [0.1, 0.15) is 18.9 Å². The summed E-state index contributed by atoms with van der Waals surface area (Å²) in [5.41, 5.74) is 0. The molecular weight excluding hydrogens is 298 g/mol. The Bertz CT molecular complexity index is 580. The molecule has 0 fully saturated rings. The second kappa shape index (κ2) is 9.62. The molecule has 0 atom stereocenters. The molecule has 0 radical (unpaired) electrons. The number of aryl methyl sites for hydroxylation is 1. The van der Waals surface area contributed by atoms with Gasteiger partial charge in [0.25, 0.3) is 0 Å². The van der Waals surface area contributed by atoms with Crippen LogP contribution in [0.3, 0.4) is 0 Å². The number of hydrogen-bond acceptors (Lipinski definition) is 6. The zero-order valence-corrected chi connectivity index (χ0v) is 13.5. The summed E-state index contributed by atoms with van der Waals surface area (Å²) >= 11 is 0. The summed E-state index contributed by atoms with van der Waals surface area (Å²) in [6.07, 6.45) is 2.51. The van der Waals surface area contributed by atoms with Gasteiger partial charge >= 0.3 is 0 Å². The van der Waals surface area contributed by atoms with Crippen LogP contribution in [-0.2, 0) is 17.9 Å². The lowest BCUT2D eigenvalue weighted by Gasteiger charge is -2.10. The molecule has 2 aromatic heterocycles. The van der Waals surface area contributed by atoms with Crippen molar-refractivity contribution in [2.24, 2.45) is 4.99 Å². The minimum absolute atomic E-state index is 0.377. The fraction of sp³-hybridized carbons (Fsp3) is 0.533. The van der Waals surface area contributed by atoms with Crippen LogP contribution in [0.5, 0.6) is 0 Å². The van der Waals surface area contributed by atoms with Crippen LogP contribution in [0.15, 0.2) is 32.3 Å².